The molecule has 0 aliphatic rings. The van der Waals surface area contributed by atoms with Crippen LogP contribution in [0.3, 0.4) is 0 Å². The van der Waals surface area contributed by atoms with E-state index in [-0.39, 0.29) is 0 Å². The van der Waals surface area contributed by atoms with E-state index in [2.05, 4.69) is 4.98 Å². The first-order chi connectivity index (χ1) is 9.54. The molecule has 0 bridgehead atoms. The highest BCUT2D eigenvalue weighted by Gasteiger charge is 2.13. The molecule has 0 N–H and O–H groups in total. The number of nitrogens with zero attached hydrogens (tertiary/aromatic N) is 1. The molecule has 1 aromatic heterocycles. The molecular formula is C14H6Cl3NO2. The Morgan fingerprint density at radius 1 is 1.10 bits per heavy atom. The maximum absolute atomic E-state index is 11.1. The Morgan fingerprint density at radius 2 is 1.90 bits per heavy atom. The van der Waals surface area contributed by atoms with Gasteiger partial charge in [0.05, 0.1) is 10.6 Å². The third kappa shape index (κ3) is 2.40. The molecule has 100 valence electrons. The van der Waals surface area contributed by atoms with Crippen molar-refractivity contribution in [3.8, 4) is 11.5 Å². The number of benzene rings is 2. The maximum atomic E-state index is 11.1. The van der Waals surface area contributed by atoms with Gasteiger partial charge in [0.2, 0.25) is 5.89 Å². The molecule has 0 aliphatic carbocycles. The molecule has 3 aromatic rings. The molecule has 20 heavy (non-hydrogen) atoms. The van der Waals surface area contributed by atoms with E-state index in [0.717, 1.165) is 0 Å². The highest BCUT2D eigenvalue weighted by Crippen LogP contribution is 2.32. The summed E-state index contributed by atoms with van der Waals surface area (Å²) < 4.78 is 5.62. The van der Waals surface area contributed by atoms with Gasteiger partial charge in [0, 0.05) is 10.6 Å². The summed E-state index contributed by atoms with van der Waals surface area (Å²) in [6.45, 7) is 0. The van der Waals surface area contributed by atoms with Gasteiger partial charge >= 0.3 is 0 Å². The topological polar surface area (TPSA) is 43.1 Å². The van der Waals surface area contributed by atoms with Crippen molar-refractivity contribution in [1.29, 1.82) is 0 Å². The smallest absolute Gasteiger partial charge is 0.252 e. The Labute approximate surface area is 129 Å². The van der Waals surface area contributed by atoms with E-state index < -0.39 is 5.24 Å². The van der Waals surface area contributed by atoms with Gasteiger partial charge < -0.3 is 4.42 Å². The lowest BCUT2D eigenvalue weighted by molar-refractivity contribution is 0.108. The van der Waals surface area contributed by atoms with Gasteiger partial charge in [0.1, 0.15) is 5.52 Å². The summed E-state index contributed by atoms with van der Waals surface area (Å²) in [5.74, 6) is 0.362. The number of carbonyl (C=O) groups excluding carboxylic acids is 1. The molecule has 0 spiro atoms. The Balaban J connectivity index is 2.15. The molecule has 6 heteroatoms. The van der Waals surface area contributed by atoms with Crippen LogP contribution in [0.25, 0.3) is 22.6 Å². The predicted octanol–water partition coefficient (Wildman–Crippen LogP) is 5.18. The van der Waals surface area contributed by atoms with Crippen LogP contribution in [0.15, 0.2) is 40.8 Å². The van der Waals surface area contributed by atoms with E-state index in [1.54, 1.807) is 36.4 Å². The summed E-state index contributed by atoms with van der Waals surface area (Å²) >= 11 is 17.4. The number of rotatable bonds is 2. The normalized spacial score (nSPS) is 10.9. The summed E-state index contributed by atoms with van der Waals surface area (Å²) in [4.78, 5) is 15.4. The fraction of sp³-hybridized carbons (Fsp3) is 0. The van der Waals surface area contributed by atoms with Crippen LogP contribution in [0.4, 0.5) is 0 Å². The highest BCUT2D eigenvalue weighted by atomic mass is 35.5. The summed E-state index contributed by atoms with van der Waals surface area (Å²) in [5, 5.41) is 0.434. The monoisotopic (exact) mass is 325 g/mol. The minimum absolute atomic E-state index is 0.362. The van der Waals surface area contributed by atoms with E-state index in [0.29, 0.717) is 38.2 Å². The average Bonchev–Trinajstić information content (AvgIpc) is 2.80. The van der Waals surface area contributed by atoms with Crippen LogP contribution in [-0.4, -0.2) is 10.2 Å². The average molecular weight is 327 g/mol. The van der Waals surface area contributed by atoms with Gasteiger partial charge in [-0.25, -0.2) is 4.98 Å². The molecule has 0 fully saturated rings. The van der Waals surface area contributed by atoms with Crippen LogP contribution >= 0.6 is 34.8 Å². The lowest BCUT2D eigenvalue weighted by Crippen LogP contribution is -1.87. The summed E-state index contributed by atoms with van der Waals surface area (Å²) in [6, 6.07) is 9.83. The Morgan fingerprint density at radius 3 is 2.60 bits per heavy atom. The largest absolute Gasteiger partial charge is 0.436 e. The lowest BCUT2D eigenvalue weighted by atomic mass is 10.2. The van der Waals surface area contributed by atoms with E-state index in [4.69, 9.17) is 39.2 Å². The zero-order valence-corrected chi connectivity index (χ0v) is 12.1. The van der Waals surface area contributed by atoms with Gasteiger partial charge in [-0.05, 0) is 48.0 Å². The first-order valence-electron chi connectivity index (χ1n) is 5.60. The molecule has 0 saturated carbocycles. The number of oxazole rings is 1. The number of halogens is 3. The van der Waals surface area contributed by atoms with Crippen molar-refractivity contribution in [2.75, 3.05) is 0 Å². The molecule has 1 heterocycles. The molecule has 0 radical (unpaired) electrons. The Bertz CT molecular complexity index is 826. The third-order valence-corrected chi connectivity index (χ3v) is 3.54. The molecule has 3 rings (SSSR count). The van der Waals surface area contributed by atoms with Gasteiger partial charge in [-0.1, -0.05) is 23.2 Å². The van der Waals surface area contributed by atoms with E-state index >= 15 is 0 Å². The van der Waals surface area contributed by atoms with Crippen molar-refractivity contribution in [3.63, 3.8) is 0 Å². The van der Waals surface area contributed by atoms with Gasteiger partial charge in [-0.2, -0.15) is 0 Å². The SMILES string of the molecule is O=C(Cl)c1ccc2oc(-c3ccc(Cl)cc3Cl)nc2c1. The Hall–Kier alpha value is -1.55. The first kappa shape index (κ1) is 13.4. The van der Waals surface area contributed by atoms with Crippen molar-refractivity contribution in [1.82, 2.24) is 4.98 Å². The van der Waals surface area contributed by atoms with Gasteiger partial charge in [0.25, 0.3) is 5.24 Å². The molecule has 3 nitrogen and oxygen atoms in total. The van der Waals surface area contributed by atoms with Gasteiger partial charge in [0.15, 0.2) is 5.58 Å². The van der Waals surface area contributed by atoms with E-state index in [1.807, 2.05) is 0 Å². The minimum Gasteiger partial charge on any atom is -0.436 e. The second-order valence-corrected chi connectivity index (χ2v) is 5.29. The van der Waals surface area contributed by atoms with Crippen LogP contribution < -0.4 is 0 Å². The first-order valence-corrected chi connectivity index (χ1v) is 6.74. The van der Waals surface area contributed by atoms with E-state index in [9.17, 15) is 4.79 Å². The van der Waals surface area contributed by atoms with Crippen LogP contribution in [0.2, 0.25) is 10.0 Å². The van der Waals surface area contributed by atoms with Crippen molar-refractivity contribution < 1.29 is 9.21 Å². The lowest BCUT2D eigenvalue weighted by Gasteiger charge is -1.98. The maximum Gasteiger partial charge on any atom is 0.252 e. The van der Waals surface area contributed by atoms with E-state index in [1.165, 1.54) is 0 Å². The molecular weight excluding hydrogens is 321 g/mol. The summed E-state index contributed by atoms with van der Waals surface area (Å²) in [6.07, 6.45) is 0. The predicted molar refractivity (Wildman–Crippen MR) is 79.6 cm³/mol. The van der Waals surface area contributed by atoms with Crippen molar-refractivity contribution in [2.45, 2.75) is 0 Å². The molecule has 0 atom stereocenters. The molecule has 0 amide bonds. The molecule has 0 aliphatic heterocycles. The standard InChI is InChI=1S/C14H6Cl3NO2/c15-8-2-3-9(10(16)6-8)14-18-11-5-7(13(17)19)1-4-12(11)20-14/h1-6H. The highest BCUT2D eigenvalue weighted by molar-refractivity contribution is 6.67. The van der Waals surface area contributed by atoms with Crippen LogP contribution in [0, 0.1) is 0 Å². The minimum atomic E-state index is -0.541. The van der Waals surface area contributed by atoms with Gasteiger partial charge in [-0.3, -0.25) is 4.79 Å². The quantitative estimate of drug-likeness (QED) is 0.609. The van der Waals surface area contributed by atoms with Crippen molar-refractivity contribution in [2.24, 2.45) is 0 Å². The summed E-state index contributed by atoms with van der Waals surface area (Å²) in [5.41, 5.74) is 2.08. The van der Waals surface area contributed by atoms with Crippen molar-refractivity contribution in [3.05, 3.63) is 52.0 Å². The second-order valence-electron chi connectivity index (χ2n) is 4.10. The number of aromatic nitrogens is 1. The van der Waals surface area contributed by atoms with Gasteiger partial charge in [-0.15, -0.1) is 0 Å². The Kier molecular flexibility index (Phi) is 3.42. The fourth-order valence-electron chi connectivity index (χ4n) is 1.83. The number of fused-ring (bicyclic) bond motifs is 1. The molecule has 0 saturated heterocycles. The zero-order valence-electron chi connectivity index (χ0n) is 9.86. The second kappa shape index (κ2) is 5.09. The zero-order chi connectivity index (χ0) is 14.3. The number of hydrogen-bond donors (Lipinski definition) is 0. The third-order valence-electron chi connectivity index (χ3n) is 2.78. The van der Waals surface area contributed by atoms with Crippen LogP contribution in [-0.2, 0) is 0 Å². The van der Waals surface area contributed by atoms with Crippen LogP contribution in [0.1, 0.15) is 10.4 Å². The van der Waals surface area contributed by atoms with Crippen molar-refractivity contribution >= 4 is 51.1 Å². The summed E-state index contributed by atoms with van der Waals surface area (Å²) in [7, 11) is 0. The fourth-order valence-corrected chi connectivity index (χ4v) is 2.43. The van der Waals surface area contributed by atoms with Crippen LogP contribution in [0.5, 0.6) is 0 Å². The molecule has 0 unspecified atom stereocenters. The number of carbonyl (C=O) groups is 1. The molecule has 2 aromatic carbocycles. The number of hydrogen-bond acceptors (Lipinski definition) is 3.